The number of likely N-dealkylation sites (tertiary alicyclic amines) is 1. The third kappa shape index (κ3) is 2.52. The number of nitrogens with zero attached hydrogens (tertiary/aromatic N) is 6. The molecule has 1 N–H and O–H groups in total. The first-order valence-corrected chi connectivity index (χ1v) is 7.47. The molecule has 1 aliphatic heterocycles. The molecule has 22 heavy (non-hydrogen) atoms. The van der Waals surface area contributed by atoms with E-state index in [1.165, 1.54) is 17.5 Å². The van der Waals surface area contributed by atoms with Gasteiger partial charge in [0, 0.05) is 6.54 Å². The van der Waals surface area contributed by atoms with E-state index in [4.69, 9.17) is 4.42 Å². The molecule has 0 spiro atoms. The van der Waals surface area contributed by atoms with Gasteiger partial charge in [-0.2, -0.15) is 0 Å². The van der Waals surface area contributed by atoms with E-state index in [1.54, 1.807) is 6.26 Å². The molecule has 114 valence electrons. The molecule has 8 nitrogen and oxygen atoms in total. The first kappa shape index (κ1) is 13.2. The Morgan fingerprint density at radius 2 is 2.14 bits per heavy atom. The van der Waals surface area contributed by atoms with Crippen LogP contribution in [0.2, 0.25) is 0 Å². The van der Waals surface area contributed by atoms with Crippen LogP contribution >= 0.6 is 0 Å². The van der Waals surface area contributed by atoms with Crippen LogP contribution in [0, 0.1) is 0 Å². The van der Waals surface area contributed by atoms with Crippen molar-refractivity contribution in [2.75, 3.05) is 25.0 Å². The Labute approximate surface area is 127 Å². The number of tetrazole rings is 1. The summed E-state index contributed by atoms with van der Waals surface area (Å²) in [7, 11) is 0. The van der Waals surface area contributed by atoms with Crippen molar-refractivity contribution in [3.63, 3.8) is 0 Å². The first-order valence-electron chi connectivity index (χ1n) is 7.47. The molecule has 1 aliphatic rings. The summed E-state index contributed by atoms with van der Waals surface area (Å²) in [6.07, 6.45) is 4.21. The molecule has 0 unspecified atom stereocenters. The number of hydrogen-bond acceptors (Lipinski definition) is 7. The third-order valence-corrected chi connectivity index (χ3v) is 4.00. The smallest absolute Gasteiger partial charge is 0.200 e. The SMILES string of the molecule is c1coc([C@H](CNc2ccc3nnnn3n2)N2CCCC2)c1. The normalized spacial score (nSPS) is 17.1. The maximum absolute atomic E-state index is 5.61. The van der Waals surface area contributed by atoms with Gasteiger partial charge in [-0.05, 0) is 60.6 Å². The average molecular weight is 299 g/mol. The highest BCUT2D eigenvalue weighted by Crippen LogP contribution is 2.25. The van der Waals surface area contributed by atoms with Gasteiger partial charge in [0.25, 0.3) is 0 Å². The van der Waals surface area contributed by atoms with E-state index in [1.807, 2.05) is 24.3 Å². The lowest BCUT2D eigenvalue weighted by Crippen LogP contribution is -2.31. The van der Waals surface area contributed by atoms with Crippen molar-refractivity contribution in [1.82, 2.24) is 30.2 Å². The lowest BCUT2D eigenvalue weighted by Gasteiger charge is -2.26. The standard InChI is InChI=1S/C14H17N7O/c1-2-8-20(7-1)11(12-4-3-9-22-12)10-15-13-5-6-14-16-18-19-21(14)17-13/h3-6,9,11H,1-2,7-8,10H2,(H,15,17)/t11-/m0/s1. The number of furan rings is 1. The minimum atomic E-state index is 0.212. The quantitative estimate of drug-likeness (QED) is 0.761. The molecule has 3 aromatic heterocycles. The topological polar surface area (TPSA) is 84.4 Å². The van der Waals surface area contributed by atoms with Crippen LogP contribution in [-0.2, 0) is 0 Å². The summed E-state index contributed by atoms with van der Waals surface area (Å²) in [6, 6.07) is 7.90. The van der Waals surface area contributed by atoms with Gasteiger partial charge in [-0.3, -0.25) is 4.90 Å². The Morgan fingerprint density at radius 1 is 1.23 bits per heavy atom. The monoisotopic (exact) mass is 299 g/mol. The highest BCUT2D eigenvalue weighted by Gasteiger charge is 2.25. The van der Waals surface area contributed by atoms with E-state index < -0.39 is 0 Å². The summed E-state index contributed by atoms with van der Waals surface area (Å²) >= 11 is 0. The molecule has 4 rings (SSSR count). The lowest BCUT2D eigenvalue weighted by atomic mass is 10.2. The van der Waals surface area contributed by atoms with E-state index in [9.17, 15) is 0 Å². The van der Waals surface area contributed by atoms with Gasteiger partial charge in [-0.15, -0.1) is 14.8 Å². The fraction of sp³-hybridized carbons (Fsp3) is 0.429. The summed E-state index contributed by atoms with van der Waals surface area (Å²) < 4.78 is 7.03. The molecule has 1 saturated heterocycles. The Bertz CT molecular complexity index is 733. The van der Waals surface area contributed by atoms with Gasteiger partial charge in [0.15, 0.2) is 5.65 Å². The van der Waals surface area contributed by atoms with Crippen molar-refractivity contribution in [1.29, 1.82) is 0 Å². The lowest BCUT2D eigenvalue weighted by molar-refractivity contribution is 0.225. The van der Waals surface area contributed by atoms with Crippen molar-refractivity contribution in [3.05, 3.63) is 36.3 Å². The predicted octanol–water partition coefficient (Wildman–Crippen LogP) is 1.36. The Hall–Kier alpha value is -2.48. The zero-order chi connectivity index (χ0) is 14.8. The molecular weight excluding hydrogens is 282 g/mol. The van der Waals surface area contributed by atoms with Gasteiger partial charge in [-0.25, -0.2) is 0 Å². The third-order valence-electron chi connectivity index (χ3n) is 4.00. The molecule has 3 aromatic rings. The molecule has 0 saturated carbocycles. The predicted molar refractivity (Wildman–Crippen MR) is 79.3 cm³/mol. The molecule has 0 aliphatic carbocycles. The average Bonchev–Trinajstić information content (AvgIpc) is 3.30. The second-order valence-corrected chi connectivity index (χ2v) is 5.40. The van der Waals surface area contributed by atoms with E-state index in [-0.39, 0.29) is 6.04 Å². The van der Waals surface area contributed by atoms with Crippen LogP contribution in [0.3, 0.4) is 0 Å². The number of nitrogens with one attached hydrogen (secondary N) is 1. The zero-order valence-corrected chi connectivity index (χ0v) is 12.1. The largest absolute Gasteiger partial charge is 0.468 e. The van der Waals surface area contributed by atoms with Crippen molar-refractivity contribution < 1.29 is 4.42 Å². The van der Waals surface area contributed by atoms with Crippen LogP contribution in [0.25, 0.3) is 5.65 Å². The summed E-state index contributed by atoms with van der Waals surface area (Å²) in [5.41, 5.74) is 0.632. The van der Waals surface area contributed by atoms with Gasteiger partial charge in [0.2, 0.25) is 0 Å². The summed E-state index contributed by atoms with van der Waals surface area (Å²) in [5, 5.41) is 18.9. The maximum Gasteiger partial charge on any atom is 0.200 e. The minimum absolute atomic E-state index is 0.212. The fourth-order valence-corrected chi connectivity index (χ4v) is 2.89. The number of rotatable bonds is 5. The number of anilines is 1. The molecular formula is C14H17N7O. The van der Waals surface area contributed by atoms with Crippen LogP contribution in [0.5, 0.6) is 0 Å². The van der Waals surface area contributed by atoms with Crippen LogP contribution in [0.1, 0.15) is 24.6 Å². The first-order chi connectivity index (χ1) is 10.9. The van der Waals surface area contributed by atoms with Gasteiger partial charge in [0.1, 0.15) is 11.6 Å². The highest BCUT2D eigenvalue weighted by atomic mass is 16.3. The van der Waals surface area contributed by atoms with Gasteiger partial charge in [-0.1, -0.05) is 0 Å². The van der Waals surface area contributed by atoms with Crippen molar-refractivity contribution in [2.45, 2.75) is 18.9 Å². The highest BCUT2D eigenvalue weighted by molar-refractivity contribution is 5.42. The van der Waals surface area contributed by atoms with Crippen LogP contribution in [-0.4, -0.2) is 49.8 Å². The number of hydrogen-bond donors (Lipinski definition) is 1. The van der Waals surface area contributed by atoms with Crippen LogP contribution < -0.4 is 5.32 Å². The second-order valence-electron chi connectivity index (χ2n) is 5.40. The van der Waals surface area contributed by atoms with Gasteiger partial charge >= 0.3 is 0 Å². The second kappa shape index (κ2) is 5.72. The summed E-state index contributed by atoms with van der Waals surface area (Å²) in [5.74, 6) is 1.73. The summed E-state index contributed by atoms with van der Waals surface area (Å²) in [6.45, 7) is 2.94. The number of fused-ring (bicyclic) bond motifs is 1. The van der Waals surface area contributed by atoms with Crippen molar-refractivity contribution in [3.8, 4) is 0 Å². The molecule has 0 bridgehead atoms. The number of aromatic nitrogens is 5. The van der Waals surface area contributed by atoms with Crippen LogP contribution in [0.4, 0.5) is 5.82 Å². The van der Waals surface area contributed by atoms with Crippen molar-refractivity contribution in [2.24, 2.45) is 0 Å². The molecule has 1 fully saturated rings. The minimum Gasteiger partial charge on any atom is -0.468 e. The Kier molecular flexibility index (Phi) is 3.43. The van der Waals surface area contributed by atoms with E-state index >= 15 is 0 Å². The molecule has 1 atom stereocenters. The summed E-state index contributed by atoms with van der Waals surface area (Å²) in [4.78, 5) is 2.45. The molecule has 4 heterocycles. The molecule has 0 amide bonds. The van der Waals surface area contributed by atoms with Gasteiger partial charge in [0.05, 0.1) is 12.3 Å². The zero-order valence-electron chi connectivity index (χ0n) is 12.1. The van der Waals surface area contributed by atoms with Crippen molar-refractivity contribution >= 4 is 11.5 Å². The molecule has 0 radical (unpaired) electrons. The maximum atomic E-state index is 5.61. The molecule has 0 aromatic carbocycles. The Morgan fingerprint density at radius 3 is 2.95 bits per heavy atom. The van der Waals surface area contributed by atoms with Crippen LogP contribution in [0.15, 0.2) is 34.9 Å². The Balaban J connectivity index is 1.51. The fourth-order valence-electron chi connectivity index (χ4n) is 2.89. The van der Waals surface area contributed by atoms with E-state index in [0.29, 0.717) is 5.65 Å². The van der Waals surface area contributed by atoms with Gasteiger partial charge < -0.3 is 9.73 Å². The van der Waals surface area contributed by atoms with E-state index in [2.05, 4.69) is 30.8 Å². The molecule has 8 heteroatoms. The van der Waals surface area contributed by atoms with E-state index in [0.717, 1.165) is 31.2 Å².